The first-order valence-corrected chi connectivity index (χ1v) is 15.8. The van der Waals surface area contributed by atoms with Crippen LogP contribution in [0.1, 0.15) is 0 Å². The van der Waals surface area contributed by atoms with Gasteiger partial charge in [-0.25, -0.2) is 0 Å². The van der Waals surface area contributed by atoms with Crippen molar-refractivity contribution in [1.29, 1.82) is 0 Å². The van der Waals surface area contributed by atoms with E-state index >= 15 is 0 Å². The van der Waals surface area contributed by atoms with Crippen LogP contribution < -0.4 is 4.90 Å². The summed E-state index contributed by atoms with van der Waals surface area (Å²) < 4.78 is 2.60. The fourth-order valence-corrected chi connectivity index (χ4v) is 7.46. The average molecular weight is 580 g/mol. The highest BCUT2D eigenvalue weighted by Crippen LogP contribution is 2.47. The molecule has 0 saturated carbocycles. The van der Waals surface area contributed by atoms with Gasteiger partial charge >= 0.3 is 0 Å². The minimum absolute atomic E-state index is 1.13. The molecule has 0 aliphatic rings. The fraction of sp³-hybridized carbons (Fsp3) is 0. The van der Waals surface area contributed by atoms with Crippen molar-refractivity contribution in [3.05, 3.63) is 176 Å². The number of nitrogens with zero attached hydrogens (tertiary/aromatic N) is 1. The molecule has 44 heavy (non-hydrogen) atoms. The highest BCUT2D eigenvalue weighted by Gasteiger charge is 2.19. The van der Waals surface area contributed by atoms with Gasteiger partial charge in [-0.15, -0.1) is 11.3 Å². The molecule has 0 saturated heterocycles. The van der Waals surface area contributed by atoms with Crippen LogP contribution >= 0.6 is 11.3 Å². The third-order valence-electron chi connectivity index (χ3n) is 8.29. The third-order valence-corrected chi connectivity index (χ3v) is 9.57. The highest BCUT2D eigenvalue weighted by molar-refractivity contribution is 7.27. The standard InChI is InChI=1S/C42H29NS/c1-4-12-30(13-5-1)32-22-26-35(27-23-32)43(36-28-24-33(25-29-36)31-14-6-2-7-15-31)40-21-11-20-39-38-19-10-18-37(41(38)44-42(39)40)34-16-8-3-9-17-34/h1-29H. The maximum atomic E-state index is 2.41. The summed E-state index contributed by atoms with van der Waals surface area (Å²) in [6, 6.07) is 63.2. The van der Waals surface area contributed by atoms with Gasteiger partial charge in [0, 0.05) is 26.8 Å². The van der Waals surface area contributed by atoms with Gasteiger partial charge < -0.3 is 4.90 Å². The van der Waals surface area contributed by atoms with Gasteiger partial charge in [0.15, 0.2) is 0 Å². The van der Waals surface area contributed by atoms with Crippen LogP contribution in [0, 0.1) is 0 Å². The van der Waals surface area contributed by atoms with Gasteiger partial charge in [0.1, 0.15) is 0 Å². The maximum absolute atomic E-state index is 2.41. The van der Waals surface area contributed by atoms with Gasteiger partial charge in [-0.3, -0.25) is 0 Å². The Morgan fingerprint density at radius 1 is 0.318 bits per heavy atom. The number of hydrogen-bond acceptors (Lipinski definition) is 2. The molecule has 1 heterocycles. The lowest BCUT2D eigenvalue weighted by atomic mass is 10.0. The number of hydrogen-bond donors (Lipinski definition) is 0. The molecule has 2 heteroatoms. The molecule has 0 atom stereocenters. The van der Waals surface area contributed by atoms with E-state index in [1.54, 1.807) is 0 Å². The van der Waals surface area contributed by atoms with Gasteiger partial charge in [-0.05, 0) is 63.7 Å². The lowest BCUT2D eigenvalue weighted by molar-refractivity contribution is 1.30. The van der Waals surface area contributed by atoms with Crippen LogP contribution in [-0.2, 0) is 0 Å². The largest absolute Gasteiger partial charge is 0.309 e. The second-order valence-corrected chi connectivity index (χ2v) is 12.0. The van der Waals surface area contributed by atoms with Crippen molar-refractivity contribution in [2.75, 3.05) is 4.90 Å². The molecule has 0 bridgehead atoms. The lowest BCUT2D eigenvalue weighted by Crippen LogP contribution is -2.10. The summed E-state index contributed by atoms with van der Waals surface area (Å²) in [5.74, 6) is 0. The molecule has 8 rings (SSSR count). The van der Waals surface area contributed by atoms with E-state index in [0.29, 0.717) is 0 Å². The minimum atomic E-state index is 1.13. The average Bonchev–Trinajstić information content (AvgIpc) is 3.50. The molecule has 0 aliphatic carbocycles. The summed E-state index contributed by atoms with van der Waals surface area (Å²) in [4.78, 5) is 2.41. The Balaban J connectivity index is 1.31. The molecule has 8 aromatic rings. The highest BCUT2D eigenvalue weighted by atomic mass is 32.1. The summed E-state index contributed by atoms with van der Waals surface area (Å²) >= 11 is 1.89. The molecule has 208 valence electrons. The number of fused-ring (bicyclic) bond motifs is 3. The topological polar surface area (TPSA) is 3.24 Å². The molecule has 7 aromatic carbocycles. The Kier molecular flexibility index (Phi) is 6.75. The Bertz CT molecular complexity index is 2100. The molecule has 1 aromatic heterocycles. The lowest BCUT2D eigenvalue weighted by Gasteiger charge is -2.26. The van der Waals surface area contributed by atoms with E-state index in [-0.39, 0.29) is 0 Å². The predicted octanol–water partition coefficient (Wildman–Crippen LogP) is 12.5. The molecule has 0 fully saturated rings. The van der Waals surface area contributed by atoms with Crippen molar-refractivity contribution < 1.29 is 0 Å². The van der Waals surface area contributed by atoms with E-state index in [1.807, 2.05) is 11.3 Å². The van der Waals surface area contributed by atoms with Gasteiger partial charge in [-0.2, -0.15) is 0 Å². The predicted molar refractivity (Wildman–Crippen MR) is 190 cm³/mol. The Morgan fingerprint density at radius 2 is 0.750 bits per heavy atom. The van der Waals surface area contributed by atoms with Crippen molar-refractivity contribution in [2.45, 2.75) is 0 Å². The second-order valence-electron chi connectivity index (χ2n) is 11.0. The Morgan fingerprint density at radius 3 is 1.27 bits per heavy atom. The van der Waals surface area contributed by atoms with Crippen molar-refractivity contribution >= 4 is 48.6 Å². The van der Waals surface area contributed by atoms with E-state index in [0.717, 1.165) is 11.4 Å². The van der Waals surface area contributed by atoms with Crippen LogP contribution in [0.25, 0.3) is 53.6 Å². The molecule has 0 unspecified atom stereocenters. The third kappa shape index (κ3) is 4.76. The molecular formula is C42H29NS. The molecule has 0 amide bonds. The molecular weight excluding hydrogens is 551 g/mol. The molecule has 0 radical (unpaired) electrons. The van der Waals surface area contributed by atoms with E-state index in [9.17, 15) is 0 Å². The van der Waals surface area contributed by atoms with Crippen molar-refractivity contribution in [3.8, 4) is 33.4 Å². The first-order chi connectivity index (χ1) is 21.8. The monoisotopic (exact) mass is 579 g/mol. The van der Waals surface area contributed by atoms with E-state index < -0.39 is 0 Å². The zero-order chi connectivity index (χ0) is 29.3. The Hall–Kier alpha value is -5.44. The van der Waals surface area contributed by atoms with Crippen LogP contribution in [0.4, 0.5) is 17.1 Å². The van der Waals surface area contributed by atoms with Crippen molar-refractivity contribution in [1.82, 2.24) is 0 Å². The zero-order valence-electron chi connectivity index (χ0n) is 24.1. The second kappa shape index (κ2) is 11.3. The van der Waals surface area contributed by atoms with Crippen LogP contribution in [0.5, 0.6) is 0 Å². The van der Waals surface area contributed by atoms with E-state index in [2.05, 4.69) is 181 Å². The molecule has 0 aliphatic heterocycles. The van der Waals surface area contributed by atoms with Crippen LogP contribution in [-0.4, -0.2) is 0 Å². The summed E-state index contributed by atoms with van der Waals surface area (Å²) in [7, 11) is 0. The number of thiophene rings is 1. The number of rotatable bonds is 6. The quantitative estimate of drug-likeness (QED) is 0.189. The van der Waals surface area contributed by atoms with Crippen LogP contribution in [0.3, 0.4) is 0 Å². The van der Waals surface area contributed by atoms with Gasteiger partial charge in [0.25, 0.3) is 0 Å². The SMILES string of the molecule is c1ccc(-c2ccc(N(c3ccc(-c4ccccc4)cc3)c3cccc4c3sc3c(-c5ccccc5)cccc34)cc2)cc1. The van der Waals surface area contributed by atoms with Gasteiger partial charge in [0.2, 0.25) is 0 Å². The van der Waals surface area contributed by atoms with E-state index in [1.165, 1.54) is 59.2 Å². The van der Waals surface area contributed by atoms with Gasteiger partial charge in [0.05, 0.1) is 10.4 Å². The normalized spacial score (nSPS) is 11.2. The zero-order valence-corrected chi connectivity index (χ0v) is 24.9. The first kappa shape index (κ1) is 26.2. The number of anilines is 3. The van der Waals surface area contributed by atoms with Crippen molar-refractivity contribution in [3.63, 3.8) is 0 Å². The number of benzene rings is 7. The first-order valence-electron chi connectivity index (χ1n) is 14.9. The summed E-state index contributed by atoms with van der Waals surface area (Å²) in [5.41, 5.74) is 10.8. The van der Waals surface area contributed by atoms with Crippen molar-refractivity contribution in [2.24, 2.45) is 0 Å². The minimum Gasteiger partial charge on any atom is -0.309 e. The summed E-state index contributed by atoms with van der Waals surface area (Å²) in [6.45, 7) is 0. The summed E-state index contributed by atoms with van der Waals surface area (Å²) in [6.07, 6.45) is 0. The molecule has 0 spiro atoms. The van der Waals surface area contributed by atoms with Gasteiger partial charge in [-0.1, -0.05) is 146 Å². The van der Waals surface area contributed by atoms with Crippen LogP contribution in [0.2, 0.25) is 0 Å². The summed E-state index contributed by atoms with van der Waals surface area (Å²) in [5, 5.41) is 2.58. The molecule has 1 nitrogen and oxygen atoms in total. The Labute approximate surface area is 261 Å². The molecule has 0 N–H and O–H groups in total. The van der Waals surface area contributed by atoms with Crippen LogP contribution in [0.15, 0.2) is 176 Å². The van der Waals surface area contributed by atoms with E-state index in [4.69, 9.17) is 0 Å². The fourth-order valence-electron chi connectivity index (χ4n) is 6.12. The smallest absolute Gasteiger partial charge is 0.0640 e. The maximum Gasteiger partial charge on any atom is 0.0640 e.